The van der Waals surface area contributed by atoms with Crippen LogP contribution in [0.25, 0.3) is 0 Å². The molecule has 4 aliphatic rings. The normalized spacial score (nSPS) is 52.8. The summed E-state index contributed by atoms with van der Waals surface area (Å²) in [5.74, 6) is 2.00. The third kappa shape index (κ3) is 1.31. The maximum atomic E-state index is 3.66. The molecule has 4 fully saturated rings. The van der Waals surface area contributed by atoms with Crippen molar-refractivity contribution in [2.75, 3.05) is 21.1 Å². The van der Waals surface area contributed by atoms with Crippen LogP contribution in [0, 0.1) is 11.8 Å². The summed E-state index contributed by atoms with van der Waals surface area (Å²) in [6, 6.07) is 0. The molecule has 4 rings (SSSR count). The summed E-state index contributed by atoms with van der Waals surface area (Å²) in [7, 11) is 6.75. The molecule has 0 aromatic carbocycles. The second kappa shape index (κ2) is 2.98. The molecule has 0 heterocycles. The molecule has 0 saturated heterocycles. The highest BCUT2D eigenvalue weighted by molar-refractivity contribution is 5.15. The Labute approximate surface area is 93.4 Å². The van der Waals surface area contributed by atoms with Crippen LogP contribution >= 0.6 is 0 Å². The molecule has 15 heavy (non-hydrogen) atoms. The summed E-state index contributed by atoms with van der Waals surface area (Å²) in [6.45, 7) is 0. The number of nitrogens with one attached hydrogen (secondary N) is 1. The van der Waals surface area contributed by atoms with Crippen LogP contribution in [0.2, 0.25) is 0 Å². The van der Waals surface area contributed by atoms with Crippen molar-refractivity contribution in [3.05, 3.63) is 0 Å². The van der Waals surface area contributed by atoms with Gasteiger partial charge >= 0.3 is 0 Å². The second-order valence-corrected chi connectivity index (χ2v) is 6.61. The zero-order valence-electron chi connectivity index (χ0n) is 10.3. The Balaban J connectivity index is 1.95. The van der Waals surface area contributed by atoms with E-state index in [0.717, 1.165) is 11.8 Å². The van der Waals surface area contributed by atoms with E-state index in [-0.39, 0.29) is 0 Å². The first-order chi connectivity index (χ1) is 7.07. The van der Waals surface area contributed by atoms with Crippen LogP contribution in [-0.2, 0) is 0 Å². The molecule has 86 valence electrons. The summed E-state index contributed by atoms with van der Waals surface area (Å²) < 4.78 is 0. The van der Waals surface area contributed by atoms with Gasteiger partial charge in [0.1, 0.15) is 0 Å². The smallest absolute Gasteiger partial charge is 0.0226 e. The van der Waals surface area contributed by atoms with Crippen LogP contribution in [0.5, 0.6) is 0 Å². The van der Waals surface area contributed by atoms with Crippen molar-refractivity contribution in [3.8, 4) is 0 Å². The summed E-state index contributed by atoms with van der Waals surface area (Å²) >= 11 is 0. The standard InChI is InChI=1S/C13H24N2/c1-14-12-5-10-4-11(6-12)8-13(7-10,9-12)15(2)3/h10-11,14H,4-9H2,1-3H3. The highest BCUT2D eigenvalue weighted by Gasteiger charge is 2.57. The zero-order chi connectivity index (χ0) is 10.7. The van der Waals surface area contributed by atoms with Gasteiger partial charge in [-0.05, 0) is 71.5 Å². The molecule has 2 atom stereocenters. The van der Waals surface area contributed by atoms with Crippen molar-refractivity contribution in [1.29, 1.82) is 0 Å². The molecule has 2 nitrogen and oxygen atoms in total. The van der Waals surface area contributed by atoms with Gasteiger partial charge in [0.15, 0.2) is 0 Å². The molecule has 0 aromatic rings. The van der Waals surface area contributed by atoms with Gasteiger partial charge in [-0.25, -0.2) is 0 Å². The van der Waals surface area contributed by atoms with Crippen molar-refractivity contribution in [2.24, 2.45) is 11.8 Å². The first-order valence-corrected chi connectivity index (χ1v) is 6.44. The Bertz CT molecular complexity index is 258. The Morgan fingerprint density at radius 2 is 1.67 bits per heavy atom. The van der Waals surface area contributed by atoms with E-state index in [1.807, 2.05) is 0 Å². The molecule has 4 bridgehead atoms. The highest BCUT2D eigenvalue weighted by Crippen LogP contribution is 2.58. The molecule has 0 spiro atoms. The Hall–Kier alpha value is -0.0800. The number of hydrogen-bond acceptors (Lipinski definition) is 2. The van der Waals surface area contributed by atoms with Crippen LogP contribution < -0.4 is 5.32 Å². The lowest BCUT2D eigenvalue weighted by Crippen LogP contribution is -2.67. The Kier molecular flexibility index (Phi) is 2.01. The fraction of sp³-hybridized carbons (Fsp3) is 1.00. The molecule has 2 heteroatoms. The van der Waals surface area contributed by atoms with Crippen LogP contribution in [-0.4, -0.2) is 37.1 Å². The Morgan fingerprint density at radius 1 is 1.07 bits per heavy atom. The van der Waals surface area contributed by atoms with Crippen LogP contribution in [0.15, 0.2) is 0 Å². The molecular weight excluding hydrogens is 184 g/mol. The molecule has 0 radical (unpaired) electrons. The maximum absolute atomic E-state index is 3.66. The number of nitrogens with zero attached hydrogens (tertiary/aromatic N) is 1. The zero-order valence-corrected chi connectivity index (χ0v) is 10.3. The third-order valence-electron chi connectivity index (χ3n) is 5.51. The summed E-state index contributed by atoms with van der Waals surface area (Å²) in [4.78, 5) is 2.52. The van der Waals surface area contributed by atoms with E-state index in [1.54, 1.807) is 0 Å². The monoisotopic (exact) mass is 208 g/mol. The van der Waals surface area contributed by atoms with Gasteiger partial charge in [0, 0.05) is 11.1 Å². The van der Waals surface area contributed by atoms with Crippen molar-refractivity contribution in [2.45, 2.75) is 49.6 Å². The summed E-state index contributed by atoms with van der Waals surface area (Å²) in [6.07, 6.45) is 8.69. The van der Waals surface area contributed by atoms with Crippen LogP contribution in [0.1, 0.15) is 38.5 Å². The van der Waals surface area contributed by atoms with Gasteiger partial charge in [-0.2, -0.15) is 0 Å². The predicted molar refractivity (Wildman–Crippen MR) is 62.9 cm³/mol. The first-order valence-electron chi connectivity index (χ1n) is 6.44. The molecule has 0 aliphatic heterocycles. The van der Waals surface area contributed by atoms with Crippen molar-refractivity contribution < 1.29 is 0 Å². The fourth-order valence-electron chi connectivity index (χ4n) is 5.03. The predicted octanol–water partition coefficient (Wildman–Crippen LogP) is 1.86. The third-order valence-corrected chi connectivity index (χ3v) is 5.51. The maximum Gasteiger partial charge on any atom is 0.0226 e. The van der Waals surface area contributed by atoms with Gasteiger partial charge in [-0.1, -0.05) is 0 Å². The van der Waals surface area contributed by atoms with E-state index in [4.69, 9.17) is 0 Å². The van der Waals surface area contributed by atoms with Gasteiger partial charge in [0.2, 0.25) is 0 Å². The fourth-order valence-corrected chi connectivity index (χ4v) is 5.03. The van der Waals surface area contributed by atoms with E-state index in [2.05, 4.69) is 31.4 Å². The average Bonchev–Trinajstić information content (AvgIpc) is 2.15. The summed E-state index contributed by atoms with van der Waals surface area (Å²) in [5.41, 5.74) is 1.03. The lowest BCUT2D eigenvalue weighted by molar-refractivity contribution is -0.0919. The minimum atomic E-state index is 0.494. The van der Waals surface area contributed by atoms with Gasteiger partial charge in [0.25, 0.3) is 0 Å². The molecule has 4 aliphatic carbocycles. The Morgan fingerprint density at radius 3 is 2.13 bits per heavy atom. The second-order valence-electron chi connectivity index (χ2n) is 6.61. The van der Waals surface area contributed by atoms with Gasteiger partial charge in [-0.15, -0.1) is 0 Å². The van der Waals surface area contributed by atoms with Crippen molar-refractivity contribution >= 4 is 0 Å². The minimum Gasteiger partial charge on any atom is -0.314 e. The van der Waals surface area contributed by atoms with E-state index >= 15 is 0 Å². The van der Waals surface area contributed by atoms with E-state index in [9.17, 15) is 0 Å². The molecule has 0 aromatic heterocycles. The summed E-state index contributed by atoms with van der Waals surface area (Å²) in [5, 5.41) is 3.66. The van der Waals surface area contributed by atoms with Crippen LogP contribution in [0.3, 0.4) is 0 Å². The molecular formula is C13H24N2. The van der Waals surface area contributed by atoms with E-state index in [1.165, 1.54) is 38.5 Å². The molecule has 1 N–H and O–H groups in total. The average molecular weight is 208 g/mol. The lowest BCUT2D eigenvalue weighted by Gasteiger charge is -2.64. The van der Waals surface area contributed by atoms with Gasteiger partial charge < -0.3 is 10.2 Å². The topological polar surface area (TPSA) is 15.3 Å². The van der Waals surface area contributed by atoms with Gasteiger partial charge in [0.05, 0.1) is 0 Å². The molecule has 0 amide bonds. The highest BCUT2D eigenvalue weighted by atomic mass is 15.2. The molecule has 4 saturated carbocycles. The number of rotatable bonds is 2. The first kappa shape index (κ1) is 10.1. The minimum absolute atomic E-state index is 0.494. The van der Waals surface area contributed by atoms with E-state index in [0.29, 0.717) is 11.1 Å². The largest absolute Gasteiger partial charge is 0.314 e. The van der Waals surface area contributed by atoms with Crippen LogP contribution in [0.4, 0.5) is 0 Å². The van der Waals surface area contributed by atoms with Crippen molar-refractivity contribution in [3.63, 3.8) is 0 Å². The van der Waals surface area contributed by atoms with Crippen molar-refractivity contribution in [1.82, 2.24) is 10.2 Å². The van der Waals surface area contributed by atoms with Gasteiger partial charge in [-0.3, -0.25) is 0 Å². The number of hydrogen-bond donors (Lipinski definition) is 1. The molecule has 2 unspecified atom stereocenters. The quantitative estimate of drug-likeness (QED) is 0.745. The van der Waals surface area contributed by atoms with E-state index < -0.39 is 0 Å². The lowest BCUT2D eigenvalue weighted by atomic mass is 9.49. The SMILES string of the molecule is CNC12CC3CC(C1)CC(N(C)C)(C3)C2.